The zero-order valence-electron chi connectivity index (χ0n) is 11.5. The summed E-state index contributed by atoms with van der Waals surface area (Å²) in [6, 6.07) is 5.32. The number of rotatable bonds is 9. The third-order valence-corrected chi connectivity index (χ3v) is 3.70. The van der Waals surface area contributed by atoms with Crippen molar-refractivity contribution in [2.45, 2.75) is 39.2 Å². The van der Waals surface area contributed by atoms with Crippen LogP contribution >= 0.6 is 11.8 Å². The van der Waals surface area contributed by atoms with Crippen LogP contribution in [0.15, 0.2) is 18.2 Å². The van der Waals surface area contributed by atoms with E-state index in [4.69, 9.17) is 0 Å². The summed E-state index contributed by atoms with van der Waals surface area (Å²) in [6.07, 6.45) is 7.35. The molecule has 0 unspecified atom stereocenters. The van der Waals surface area contributed by atoms with Gasteiger partial charge in [0.15, 0.2) is 0 Å². The van der Waals surface area contributed by atoms with E-state index in [1.807, 2.05) is 30.8 Å². The molecule has 0 bridgehead atoms. The van der Waals surface area contributed by atoms with Gasteiger partial charge in [-0.3, -0.25) is 0 Å². The molecule has 0 aliphatic heterocycles. The van der Waals surface area contributed by atoms with Crippen LogP contribution in [0.4, 0.5) is 4.39 Å². The molecule has 3 heteroatoms. The van der Waals surface area contributed by atoms with Gasteiger partial charge in [-0.15, -0.1) is 0 Å². The largest absolute Gasteiger partial charge is 0.313 e. The molecular weight excluding hydrogens is 245 g/mol. The fourth-order valence-electron chi connectivity index (χ4n) is 1.90. The third-order valence-electron chi connectivity index (χ3n) is 3.00. The molecule has 1 N–H and O–H groups in total. The van der Waals surface area contributed by atoms with Crippen LogP contribution in [0, 0.1) is 12.7 Å². The van der Waals surface area contributed by atoms with Crippen molar-refractivity contribution in [2.24, 2.45) is 0 Å². The maximum absolute atomic E-state index is 13.1. The highest BCUT2D eigenvalue weighted by Gasteiger charge is 1.98. The Morgan fingerprint density at radius 3 is 2.67 bits per heavy atom. The van der Waals surface area contributed by atoms with E-state index in [2.05, 4.69) is 11.6 Å². The van der Waals surface area contributed by atoms with E-state index in [-0.39, 0.29) is 5.82 Å². The van der Waals surface area contributed by atoms with Crippen LogP contribution in [0.1, 0.15) is 36.8 Å². The highest BCUT2D eigenvalue weighted by Crippen LogP contribution is 2.09. The molecule has 0 radical (unpaired) electrons. The molecular formula is C15H24FNS. The molecule has 0 saturated heterocycles. The topological polar surface area (TPSA) is 12.0 Å². The van der Waals surface area contributed by atoms with Gasteiger partial charge in [-0.05, 0) is 55.5 Å². The second-order valence-corrected chi connectivity index (χ2v) is 5.65. The van der Waals surface area contributed by atoms with Gasteiger partial charge in [-0.25, -0.2) is 4.39 Å². The molecule has 1 nitrogen and oxygen atoms in total. The predicted molar refractivity (Wildman–Crippen MR) is 79.7 cm³/mol. The summed E-state index contributed by atoms with van der Waals surface area (Å²) in [4.78, 5) is 0. The molecule has 18 heavy (non-hydrogen) atoms. The molecule has 102 valence electrons. The van der Waals surface area contributed by atoms with E-state index in [1.54, 1.807) is 6.07 Å². The van der Waals surface area contributed by atoms with Crippen LogP contribution in [0.5, 0.6) is 0 Å². The van der Waals surface area contributed by atoms with Crippen LogP contribution < -0.4 is 5.32 Å². The van der Waals surface area contributed by atoms with Gasteiger partial charge in [-0.1, -0.05) is 25.0 Å². The third kappa shape index (κ3) is 6.41. The van der Waals surface area contributed by atoms with E-state index in [1.165, 1.54) is 31.4 Å². The Bertz CT molecular complexity index is 341. The average Bonchev–Trinajstić information content (AvgIpc) is 2.37. The predicted octanol–water partition coefficient (Wildman–Crippen LogP) is 4.15. The maximum atomic E-state index is 13.1. The van der Waals surface area contributed by atoms with E-state index in [0.29, 0.717) is 0 Å². The SMILES string of the molecule is CSCCCCCCNCc1ccc(F)c(C)c1. The van der Waals surface area contributed by atoms with Crippen molar-refractivity contribution in [1.82, 2.24) is 5.32 Å². The van der Waals surface area contributed by atoms with Crippen molar-refractivity contribution in [3.8, 4) is 0 Å². The van der Waals surface area contributed by atoms with Gasteiger partial charge in [0.05, 0.1) is 0 Å². The van der Waals surface area contributed by atoms with Gasteiger partial charge in [0.1, 0.15) is 5.82 Å². The number of hydrogen-bond donors (Lipinski definition) is 1. The van der Waals surface area contributed by atoms with E-state index < -0.39 is 0 Å². The summed E-state index contributed by atoms with van der Waals surface area (Å²) in [5.74, 6) is 1.16. The van der Waals surface area contributed by atoms with Crippen LogP contribution in [-0.4, -0.2) is 18.6 Å². The minimum Gasteiger partial charge on any atom is -0.313 e. The Kier molecular flexibility index (Phi) is 8.10. The van der Waals surface area contributed by atoms with E-state index in [9.17, 15) is 4.39 Å². The van der Waals surface area contributed by atoms with Crippen molar-refractivity contribution in [2.75, 3.05) is 18.6 Å². The fourth-order valence-corrected chi connectivity index (χ4v) is 2.39. The van der Waals surface area contributed by atoms with Crippen molar-refractivity contribution in [1.29, 1.82) is 0 Å². The summed E-state index contributed by atoms with van der Waals surface area (Å²) in [5, 5.41) is 3.41. The maximum Gasteiger partial charge on any atom is 0.126 e. The molecule has 0 atom stereocenters. The summed E-state index contributed by atoms with van der Waals surface area (Å²) in [6.45, 7) is 3.70. The number of unbranched alkanes of at least 4 members (excludes halogenated alkanes) is 3. The first-order valence-electron chi connectivity index (χ1n) is 6.68. The number of aryl methyl sites for hydroxylation is 1. The smallest absolute Gasteiger partial charge is 0.126 e. The number of halogens is 1. The molecule has 0 spiro atoms. The highest BCUT2D eigenvalue weighted by molar-refractivity contribution is 7.98. The quantitative estimate of drug-likeness (QED) is 0.676. The van der Waals surface area contributed by atoms with Crippen LogP contribution in [0.25, 0.3) is 0 Å². The van der Waals surface area contributed by atoms with Crippen molar-refractivity contribution < 1.29 is 4.39 Å². The van der Waals surface area contributed by atoms with E-state index in [0.717, 1.165) is 24.2 Å². The van der Waals surface area contributed by atoms with Crippen molar-refractivity contribution in [3.05, 3.63) is 35.1 Å². The molecule has 0 aromatic heterocycles. The summed E-state index contributed by atoms with van der Waals surface area (Å²) >= 11 is 1.92. The average molecular weight is 269 g/mol. The number of thioether (sulfide) groups is 1. The molecule has 0 fully saturated rings. The van der Waals surface area contributed by atoms with Gasteiger partial charge in [0, 0.05) is 6.54 Å². The monoisotopic (exact) mass is 269 g/mol. The lowest BCUT2D eigenvalue weighted by Crippen LogP contribution is -2.14. The van der Waals surface area contributed by atoms with Crippen molar-refractivity contribution >= 4 is 11.8 Å². The van der Waals surface area contributed by atoms with Gasteiger partial charge < -0.3 is 5.32 Å². The zero-order valence-corrected chi connectivity index (χ0v) is 12.3. The molecule has 0 aliphatic rings. The zero-order chi connectivity index (χ0) is 13.2. The van der Waals surface area contributed by atoms with Gasteiger partial charge in [0.2, 0.25) is 0 Å². The minimum absolute atomic E-state index is 0.118. The van der Waals surface area contributed by atoms with E-state index >= 15 is 0 Å². The highest BCUT2D eigenvalue weighted by atomic mass is 32.2. The van der Waals surface area contributed by atoms with Gasteiger partial charge >= 0.3 is 0 Å². The molecule has 0 heterocycles. The Morgan fingerprint density at radius 1 is 1.17 bits per heavy atom. The molecule has 1 aromatic rings. The first-order valence-corrected chi connectivity index (χ1v) is 8.08. The second kappa shape index (κ2) is 9.40. The Hall–Kier alpha value is -0.540. The Balaban J connectivity index is 2.05. The number of hydrogen-bond acceptors (Lipinski definition) is 2. The standard InChI is InChI=1S/C15H24FNS/c1-13-11-14(7-8-15(13)16)12-17-9-5-3-4-6-10-18-2/h7-8,11,17H,3-6,9-10,12H2,1-2H3. The lowest BCUT2D eigenvalue weighted by molar-refractivity contribution is 0.595. The fraction of sp³-hybridized carbons (Fsp3) is 0.600. The van der Waals surface area contributed by atoms with Crippen LogP contribution in [0.2, 0.25) is 0 Å². The molecule has 0 aliphatic carbocycles. The first kappa shape index (κ1) is 15.5. The summed E-state index contributed by atoms with van der Waals surface area (Å²) < 4.78 is 13.1. The summed E-state index contributed by atoms with van der Waals surface area (Å²) in [7, 11) is 0. The first-order chi connectivity index (χ1) is 8.74. The lowest BCUT2D eigenvalue weighted by Gasteiger charge is -2.06. The second-order valence-electron chi connectivity index (χ2n) is 4.67. The van der Waals surface area contributed by atoms with Crippen LogP contribution in [0.3, 0.4) is 0 Å². The van der Waals surface area contributed by atoms with Gasteiger partial charge in [-0.2, -0.15) is 11.8 Å². The minimum atomic E-state index is -0.118. The van der Waals surface area contributed by atoms with Crippen molar-refractivity contribution in [3.63, 3.8) is 0 Å². The number of nitrogens with one attached hydrogen (secondary N) is 1. The molecule has 1 rings (SSSR count). The normalized spacial score (nSPS) is 10.8. The molecule has 0 amide bonds. The summed E-state index contributed by atoms with van der Waals surface area (Å²) in [5.41, 5.74) is 1.89. The number of benzene rings is 1. The Morgan fingerprint density at radius 2 is 1.94 bits per heavy atom. The molecule has 0 saturated carbocycles. The lowest BCUT2D eigenvalue weighted by atomic mass is 10.1. The molecule has 1 aromatic carbocycles. The Labute approximate surface area is 115 Å². The van der Waals surface area contributed by atoms with Gasteiger partial charge in [0.25, 0.3) is 0 Å². The van der Waals surface area contributed by atoms with Crippen LogP contribution in [-0.2, 0) is 6.54 Å².